The Morgan fingerprint density at radius 1 is 1.55 bits per heavy atom. The number of hydrogen-bond donors (Lipinski definition) is 0. The largest absolute Gasteiger partial charge is 0.264 e. The molecule has 0 aromatic carbocycles. The van der Waals surface area contributed by atoms with Gasteiger partial charge < -0.3 is 0 Å². The fourth-order valence-corrected chi connectivity index (χ4v) is 1.95. The van der Waals surface area contributed by atoms with Crippen LogP contribution < -0.4 is 0 Å². The van der Waals surface area contributed by atoms with Gasteiger partial charge in [0.2, 0.25) is 0 Å². The summed E-state index contributed by atoms with van der Waals surface area (Å²) in [5.74, 6) is 0. The number of halogens is 1. The van der Waals surface area contributed by atoms with E-state index in [1.165, 1.54) is 17.5 Å². The zero-order chi connectivity index (χ0) is 7.68. The highest BCUT2D eigenvalue weighted by Gasteiger charge is 2.16. The SMILES string of the molecule is Cl[C@@H]1CCCc2cnccc21. The summed E-state index contributed by atoms with van der Waals surface area (Å²) in [5.41, 5.74) is 2.62. The minimum absolute atomic E-state index is 0.224. The van der Waals surface area contributed by atoms with Crippen molar-refractivity contribution in [1.82, 2.24) is 4.98 Å². The first-order valence-electron chi connectivity index (χ1n) is 3.95. The van der Waals surface area contributed by atoms with Gasteiger partial charge in [0, 0.05) is 12.4 Å². The highest BCUT2D eigenvalue weighted by Crippen LogP contribution is 2.33. The van der Waals surface area contributed by atoms with Crippen molar-refractivity contribution in [3.63, 3.8) is 0 Å². The molecule has 0 bridgehead atoms. The lowest BCUT2D eigenvalue weighted by atomic mass is 9.93. The smallest absolute Gasteiger partial charge is 0.0589 e. The Morgan fingerprint density at radius 3 is 3.27 bits per heavy atom. The van der Waals surface area contributed by atoms with E-state index in [1.54, 1.807) is 0 Å². The van der Waals surface area contributed by atoms with E-state index in [2.05, 4.69) is 4.98 Å². The molecule has 2 rings (SSSR count). The molecule has 0 amide bonds. The molecular weight excluding hydrogens is 158 g/mol. The highest BCUT2D eigenvalue weighted by molar-refractivity contribution is 6.21. The first-order valence-corrected chi connectivity index (χ1v) is 4.38. The monoisotopic (exact) mass is 167 g/mol. The van der Waals surface area contributed by atoms with Crippen molar-refractivity contribution in [2.75, 3.05) is 0 Å². The van der Waals surface area contributed by atoms with E-state index in [0.29, 0.717) is 0 Å². The van der Waals surface area contributed by atoms with Gasteiger partial charge in [0.05, 0.1) is 5.38 Å². The number of fused-ring (bicyclic) bond motifs is 1. The summed E-state index contributed by atoms with van der Waals surface area (Å²) in [6.07, 6.45) is 7.21. The molecule has 1 aromatic heterocycles. The number of nitrogens with zero attached hydrogens (tertiary/aromatic N) is 1. The van der Waals surface area contributed by atoms with E-state index in [4.69, 9.17) is 11.6 Å². The predicted octanol–water partition coefficient (Wildman–Crippen LogP) is 2.70. The molecule has 0 aliphatic heterocycles. The number of rotatable bonds is 0. The molecule has 1 aromatic rings. The van der Waals surface area contributed by atoms with Crippen molar-refractivity contribution in [3.05, 3.63) is 29.6 Å². The van der Waals surface area contributed by atoms with Gasteiger partial charge in [-0.25, -0.2) is 0 Å². The molecule has 0 fully saturated rings. The lowest BCUT2D eigenvalue weighted by Gasteiger charge is -2.19. The van der Waals surface area contributed by atoms with Gasteiger partial charge in [0.25, 0.3) is 0 Å². The molecule has 1 nitrogen and oxygen atoms in total. The van der Waals surface area contributed by atoms with Crippen molar-refractivity contribution in [3.8, 4) is 0 Å². The Bertz CT molecular complexity index is 259. The van der Waals surface area contributed by atoms with Crippen LogP contribution in [0.2, 0.25) is 0 Å². The maximum Gasteiger partial charge on any atom is 0.0589 e. The topological polar surface area (TPSA) is 12.9 Å². The van der Waals surface area contributed by atoms with Crippen LogP contribution in [0.3, 0.4) is 0 Å². The van der Waals surface area contributed by atoms with E-state index in [-0.39, 0.29) is 5.38 Å². The fourth-order valence-electron chi connectivity index (χ4n) is 1.58. The van der Waals surface area contributed by atoms with Crippen molar-refractivity contribution in [2.24, 2.45) is 0 Å². The third-order valence-electron chi connectivity index (χ3n) is 2.18. The number of hydrogen-bond acceptors (Lipinski definition) is 1. The van der Waals surface area contributed by atoms with E-state index in [0.717, 1.165) is 12.8 Å². The molecule has 0 N–H and O–H groups in total. The number of alkyl halides is 1. The van der Waals surface area contributed by atoms with Gasteiger partial charge in [0.15, 0.2) is 0 Å². The van der Waals surface area contributed by atoms with Gasteiger partial charge in [-0.05, 0) is 36.5 Å². The molecule has 1 atom stereocenters. The lowest BCUT2D eigenvalue weighted by molar-refractivity contribution is 0.664. The summed E-state index contributed by atoms with van der Waals surface area (Å²) >= 11 is 6.12. The molecule has 2 heteroatoms. The van der Waals surface area contributed by atoms with Crippen LogP contribution in [0.5, 0.6) is 0 Å². The van der Waals surface area contributed by atoms with E-state index in [1.807, 2.05) is 18.5 Å². The van der Waals surface area contributed by atoms with Crippen LogP contribution in [0.25, 0.3) is 0 Å². The Balaban J connectivity index is 2.44. The summed E-state index contributed by atoms with van der Waals surface area (Å²) in [7, 11) is 0. The molecular formula is C9H10ClN. The average molecular weight is 168 g/mol. The standard InChI is InChI=1S/C9H10ClN/c10-9-3-1-2-7-6-11-5-4-8(7)9/h4-6,9H,1-3H2/t9-/m1/s1. The molecule has 0 saturated carbocycles. The zero-order valence-corrected chi connectivity index (χ0v) is 7.01. The van der Waals surface area contributed by atoms with E-state index in [9.17, 15) is 0 Å². The van der Waals surface area contributed by atoms with Crippen molar-refractivity contribution >= 4 is 11.6 Å². The Kier molecular flexibility index (Phi) is 1.82. The summed E-state index contributed by atoms with van der Waals surface area (Å²) in [6.45, 7) is 0. The Hall–Kier alpha value is -0.560. The van der Waals surface area contributed by atoms with Crippen LogP contribution in [0.4, 0.5) is 0 Å². The molecule has 1 heterocycles. The number of pyridine rings is 1. The minimum Gasteiger partial charge on any atom is -0.264 e. The lowest BCUT2D eigenvalue weighted by Crippen LogP contribution is -2.05. The summed E-state index contributed by atoms with van der Waals surface area (Å²) in [4.78, 5) is 4.07. The Morgan fingerprint density at radius 2 is 2.45 bits per heavy atom. The summed E-state index contributed by atoms with van der Waals surface area (Å²) < 4.78 is 0. The van der Waals surface area contributed by atoms with Crippen LogP contribution >= 0.6 is 11.6 Å². The van der Waals surface area contributed by atoms with Crippen LogP contribution in [-0.2, 0) is 6.42 Å². The van der Waals surface area contributed by atoms with Crippen LogP contribution in [0.1, 0.15) is 29.3 Å². The molecule has 0 radical (unpaired) electrons. The van der Waals surface area contributed by atoms with Crippen LogP contribution in [0, 0.1) is 0 Å². The first-order chi connectivity index (χ1) is 5.38. The predicted molar refractivity (Wildman–Crippen MR) is 45.8 cm³/mol. The summed E-state index contributed by atoms with van der Waals surface area (Å²) in [5, 5.41) is 0.224. The van der Waals surface area contributed by atoms with Gasteiger partial charge >= 0.3 is 0 Å². The van der Waals surface area contributed by atoms with Crippen LogP contribution in [-0.4, -0.2) is 4.98 Å². The second-order valence-corrected chi connectivity index (χ2v) is 3.46. The fraction of sp³-hybridized carbons (Fsp3) is 0.444. The molecule has 1 aliphatic carbocycles. The second kappa shape index (κ2) is 2.82. The van der Waals surface area contributed by atoms with Crippen molar-refractivity contribution < 1.29 is 0 Å². The Labute approximate surface area is 71.4 Å². The maximum atomic E-state index is 6.12. The minimum atomic E-state index is 0.224. The molecule has 0 saturated heterocycles. The van der Waals surface area contributed by atoms with Gasteiger partial charge in [-0.3, -0.25) is 4.98 Å². The van der Waals surface area contributed by atoms with Gasteiger partial charge in [-0.15, -0.1) is 11.6 Å². The third-order valence-corrected chi connectivity index (χ3v) is 2.64. The average Bonchev–Trinajstić information content (AvgIpc) is 2.06. The number of aromatic nitrogens is 1. The van der Waals surface area contributed by atoms with Crippen molar-refractivity contribution in [1.29, 1.82) is 0 Å². The molecule has 0 spiro atoms. The number of aryl methyl sites for hydroxylation is 1. The van der Waals surface area contributed by atoms with Gasteiger partial charge in [-0.2, -0.15) is 0 Å². The molecule has 58 valence electrons. The zero-order valence-electron chi connectivity index (χ0n) is 6.26. The maximum absolute atomic E-state index is 6.12. The van der Waals surface area contributed by atoms with E-state index < -0.39 is 0 Å². The van der Waals surface area contributed by atoms with Gasteiger partial charge in [-0.1, -0.05) is 0 Å². The first kappa shape index (κ1) is 7.11. The second-order valence-electron chi connectivity index (χ2n) is 2.93. The summed E-state index contributed by atoms with van der Waals surface area (Å²) in [6, 6.07) is 2.03. The third kappa shape index (κ3) is 1.25. The molecule has 0 unspecified atom stereocenters. The molecule has 11 heavy (non-hydrogen) atoms. The van der Waals surface area contributed by atoms with Crippen LogP contribution in [0.15, 0.2) is 18.5 Å². The molecule has 1 aliphatic rings. The quantitative estimate of drug-likeness (QED) is 0.542. The normalized spacial score (nSPS) is 22.8. The van der Waals surface area contributed by atoms with E-state index >= 15 is 0 Å². The highest BCUT2D eigenvalue weighted by atomic mass is 35.5. The van der Waals surface area contributed by atoms with Gasteiger partial charge in [0.1, 0.15) is 0 Å². The van der Waals surface area contributed by atoms with Crippen molar-refractivity contribution in [2.45, 2.75) is 24.6 Å².